The minimum absolute atomic E-state index is 0.128. The van der Waals surface area contributed by atoms with Crippen molar-refractivity contribution in [3.63, 3.8) is 0 Å². The van der Waals surface area contributed by atoms with Crippen molar-refractivity contribution in [3.05, 3.63) is 36.0 Å². The summed E-state index contributed by atoms with van der Waals surface area (Å²) in [5, 5.41) is 8.82. The fourth-order valence-corrected chi connectivity index (χ4v) is 3.50. The minimum Gasteiger partial charge on any atom is -0.223 e. The second-order valence-electron chi connectivity index (χ2n) is 4.47. The van der Waals surface area contributed by atoms with Gasteiger partial charge in [0.25, 0.3) is 15.7 Å². The van der Waals surface area contributed by atoms with Crippen LogP contribution in [0, 0.1) is 0 Å². The molecule has 0 aliphatic carbocycles. The zero-order valence-corrected chi connectivity index (χ0v) is 13.6. The molecule has 1 aromatic carbocycles. The van der Waals surface area contributed by atoms with Gasteiger partial charge >= 0.3 is 0 Å². The van der Waals surface area contributed by atoms with Crippen molar-refractivity contribution in [3.8, 4) is 11.3 Å². The lowest BCUT2D eigenvalue weighted by Crippen LogP contribution is -2.12. The number of nitrogens with zero attached hydrogens (tertiary/aromatic N) is 3. The van der Waals surface area contributed by atoms with Crippen LogP contribution in [0.1, 0.15) is 5.56 Å². The average Bonchev–Trinajstić information content (AvgIpc) is 2.95. The Kier molecular flexibility index (Phi) is 3.52. The van der Waals surface area contributed by atoms with E-state index in [2.05, 4.69) is 10.1 Å². The summed E-state index contributed by atoms with van der Waals surface area (Å²) in [6.45, 7) is 0. The first-order valence-corrected chi connectivity index (χ1v) is 8.75. The largest absolute Gasteiger partial charge is 0.283 e. The molecular formula is C11H9F2N4O2PS2. The molecule has 1 unspecified atom stereocenters. The standard InChI is InChI=1S/C11H9F2N4O2PS2/c12-11(13,20)7-3-1-6(2-4-7)8-5-17-9(15-8)21-10(16-17)22(14,18)19/h1-5H,20H2,(H2,14,18,19). The summed E-state index contributed by atoms with van der Waals surface area (Å²) in [6.07, 6.45) is 1.51. The Balaban J connectivity index is 1.99. The maximum atomic E-state index is 13.1. The van der Waals surface area contributed by atoms with Gasteiger partial charge in [-0.05, 0) is 0 Å². The molecule has 0 spiro atoms. The maximum Gasteiger partial charge on any atom is 0.283 e. The summed E-state index contributed by atoms with van der Waals surface area (Å²) in [7, 11) is -2.40. The molecule has 22 heavy (non-hydrogen) atoms. The summed E-state index contributed by atoms with van der Waals surface area (Å²) in [5.74, 6) is 0. The van der Waals surface area contributed by atoms with Crippen LogP contribution in [-0.4, -0.2) is 23.0 Å². The first kappa shape index (κ1) is 15.4. The van der Waals surface area contributed by atoms with Gasteiger partial charge in [0.2, 0.25) is 9.30 Å². The van der Waals surface area contributed by atoms with Gasteiger partial charge in [0, 0.05) is 11.1 Å². The van der Waals surface area contributed by atoms with Crippen molar-refractivity contribution >= 4 is 35.6 Å². The Morgan fingerprint density at radius 3 is 2.41 bits per heavy atom. The maximum absolute atomic E-state index is 13.1. The number of rotatable bonds is 3. The van der Waals surface area contributed by atoms with Crippen molar-refractivity contribution in [1.82, 2.24) is 14.6 Å². The van der Waals surface area contributed by atoms with Crippen LogP contribution in [0.25, 0.3) is 16.2 Å². The zero-order chi connectivity index (χ0) is 16.1. The number of nitrogens with two attached hydrogens (primary N) is 1. The van der Waals surface area contributed by atoms with E-state index in [-0.39, 0.29) is 9.90 Å². The lowest BCUT2D eigenvalue weighted by molar-refractivity contribution is 0.104. The van der Waals surface area contributed by atoms with Gasteiger partial charge in [-0.3, -0.25) is 0 Å². The first-order chi connectivity index (χ1) is 10.1. The fourth-order valence-electron chi connectivity index (χ4n) is 1.80. The lowest BCUT2D eigenvalue weighted by atomic mass is 10.1. The summed E-state index contributed by atoms with van der Waals surface area (Å²) in [5.41, 5.74) is -2.00. The number of aromatic nitrogens is 3. The molecule has 2 N–H and O–H groups in total. The Hall–Kier alpha value is -1.48. The number of benzene rings is 1. The molecule has 6 nitrogen and oxygen atoms in total. The number of alkyl halides is 2. The van der Waals surface area contributed by atoms with Gasteiger partial charge in [0.15, 0.2) is 0 Å². The third kappa shape index (κ3) is 2.87. The molecule has 0 fully saturated rings. The summed E-state index contributed by atoms with van der Waals surface area (Å²) in [6, 6.07) is 5.64. The van der Waals surface area contributed by atoms with Crippen molar-refractivity contribution in [2.45, 2.75) is 10.0 Å². The topological polar surface area (TPSA) is 90.4 Å². The minimum atomic E-state index is -3.87. The van der Waals surface area contributed by atoms with Gasteiger partial charge in [0.05, 0.1) is 11.9 Å². The molecule has 0 bridgehead atoms. The zero-order valence-electron chi connectivity index (χ0n) is 10.8. The van der Waals surface area contributed by atoms with E-state index in [1.165, 1.54) is 44.2 Å². The van der Waals surface area contributed by atoms with Crippen LogP contribution < -0.4 is 5.14 Å². The van der Waals surface area contributed by atoms with Crippen LogP contribution >= 0.6 is 20.6 Å². The lowest BCUT2D eigenvalue weighted by Gasteiger charge is -2.10. The molecule has 0 saturated heterocycles. The summed E-state index contributed by atoms with van der Waals surface area (Å²) >= 11 is 0.832. The predicted molar refractivity (Wildman–Crippen MR) is 81.3 cm³/mol. The quantitative estimate of drug-likeness (QED) is 0.722. The average molecular weight is 362 g/mol. The molecular weight excluding hydrogens is 353 g/mol. The molecule has 0 aliphatic heterocycles. The van der Waals surface area contributed by atoms with Crippen LogP contribution in [0.3, 0.4) is 0 Å². The first-order valence-electron chi connectivity index (χ1n) is 5.81. The molecule has 116 valence electrons. The Morgan fingerprint density at radius 1 is 1.27 bits per heavy atom. The monoisotopic (exact) mass is 362 g/mol. The number of hydrogen-bond acceptors (Lipinski definition) is 5. The Bertz CT molecular complexity index is 913. The molecule has 0 radical (unpaired) electrons. The van der Waals surface area contributed by atoms with Crippen LogP contribution in [-0.2, 0) is 15.7 Å². The smallest absolute Gasteiger partial charge is 0.223 e. The third-order valence-electron chi connectivity index (χ3n) is 2.83. The predicted octanol–water partition coefficient (Wildman–Crippen LogP) is 2.03. The fraction of sp³-hybridized carbons (Fsp3) is 0.0909. The van der Waals surface area contributed by atoms with Gasteiger partial charge in [-0.2, -0.15) is 8.78 Å². The second kappa shape index (κ2) is 5.02. The number of sulfonamides is 1. The van der Waals surface area contributed by atoms with Crippen LogP contribution in [0.15, 0.2) is 34.8 Å². The highest BCUT2D eigenvalue weighted by atomic mass is 32.2. The van der Waals surface area contributed by atoms with Gasteiger partial charge in [0.1, 0.15) is 0 Å². The van der Waals surface area contributed by atoms with Gasteiger partial charge in [-0.25, -0.2) is 23.1 Å². The molecule has 0 saturated carbocycles. The van der Waals surface area contributed by atoms with E-state index in [4.69, 9.17) is 5.14 Å². The highest BCUT2D eigenvalue weighted by Gasteiger charge is 2.24. The van der Waals surface area contributed by atoms with Gasteiger partial charge in [-0.1, -0.05) is 44.8 Å². The molecule has 0 aliphatic rings. The van der Waals surface area contributed by atoms with Crippen molar-refractivity contribution in [2.75, 3.05) is 0 Å². The van der Waals surface area contributed by atoms with E-state index < -0.39 is 15.7 Å². The number of primary sulfonamides is 1. The molecule has 0 amide bonds. The Labute approximate surface area is 130 Å². The summed E-state index contributed by atoms with van der Waals surface area (Å²) < 4.78 is 49.7. The molecule has 3 aromatic rings. The highest BCUT2D eigenvalue weighted by Crippen LogP contribution is 2.35. The molecule has 2 aromatic heterocycles. The van der Waals surface area contributed by atoms with E-state index in [9.17, 15) is 17.2 Å². The number of halogens is 2. The number of hydrogen-bond donors (Lipinski definition) is 1. The number of imidazole rings is 1. The Morgan fingerprint density at radius 2 is 1.91 bits per heavy atom. The van der Waals surface area contributed by atoms with Crippen molar-refractivity contribution in [2.24, 2.45) is 5.14 Å². The normalized spacial score (nSPS) is 12.9. The second-order valence-corrected chi connectivity index (χ2v) is 7.88. The van der Waals surface area contributed by atoms with Gasteiger partial charge in [-0.15, -0.1) is 5.10 Å². The number of fused-ring (bicyclic) bond motifs is 1. The van der Waals surface area contributed by atoms with E-state index >= 15 is 0 Å². The van der Waals surface area contributed by atoms with Crippen LogP contribution in [0.5, 0.6) is 0 Å². The van der Waals surface area contributed by atoms with E-state index in [1.54, 1.807) is 0 Å². The van der Waals surface area contributed by atoms with E-state index in [0.29, 0.717) is 16.2 Å². The van der Waals surface area contributed by atoms with E-state index in [1.807, 2.05) is 0 Å². The highest BCUT2D eigenvalue weighted by molar-refractivity contribution is 7.91. The van der Waals surface area contributed by atoms with Crippen LogP contribution in [0.2, 0.25) is 0 Å². The molecule has 1 atom stereocenters. The van der Waals surface area contributed by atoms with Gasteiger partial charge < -0.3 is 0 Å². The SMILES string of the molecule is NS(=O)(=O)c1nn2cc(-c3ccc(C(F)(F)P)cc3)nc2s1. The summed E-state index contributed by atoms with van der Waals surface area (Å²) in [4.78, 5) is 4.56. The van der Waals surface area contributed by atoms with Crippen molar-refractivity contribution < 1.29 is 17.2 Å². The van der Waals surface area contributed by atoms with Crippen LogP contribution in [0.4, 0.5) is 8.78 Å². The third-order valence-corrected chi connectivity index (χ3v) is 5.40. The molecule has 11 heteroatoms. The molecule has 2 heterocycles. The van der Waals surface area contributed by atoms with E-state index in [0.717, 1.165) is 11.3 Å². The van der Waals surface area contributed by atoms with Crippen molar-refractivity contribution in [1.29, 1.82) is 0 Å². The molecule has 3 rings (SSSR count).